The number of piperazine rings is 1. The van der Waals surface area contributed by atoms with Gasteiger partial charge < -0.3 is 10.1 Å². The van der Waals surface area contributed by atoms with Gasteiger partial charge in [-0.2, -0.15) is 0 Å². The van der Waals surface area contributed by atoms with Crippen molar-refractivity contribution in [3.8, 4) is 0 Å². The van der Waals surface area contributed by atoms with Crippen molar-refractivity contribution >= 4 is 0 Å². The molecule has 3 nitrogen and oxygen atoms in total. The summed E-state index contributed by atoms with van der Waals surface area (Å²) < 4.78 is 5.43. The second kappa shape index (κ2) is 7.77. The minimum absolute atomic E-state index is 0.537. The summed E-state index contributed by atoms with van der Waals surface area (Å²) in [6.07, 6.45) is 7.16. The van der Waals surface area contributed by atoms with Crippen LogP contribution in [0.2, 0.25) is 0 Å². The molecule has 1 saturated carbocycles. The fourth-order valence-corrected chi connectivity index (χ4v) is 4.06. The van der Waals surface area contributed by atoms with Crippen LogP contribution in [0, 0.1) is 11.8 Å². The van der Waals surface area contributed by atoms with Gasteiger partial charge in [-0.25, -0.2) is 0 Å². The number of hydrogen-bond donors (Lipinski definition) is 1. The summed E-state index contributed by atoms with van der Waals surface area (Å²) in [6.45, 7) is 10.2. The van der Waals surface area contributed by atoms with Crippen LogP contribution in [0.25, 0.3) is 0 Å². The van der Waals surface area contributed by atoms with Gasteiger partial charge in [0, 0.05) is 38.3 Å². The first-order valence-electron chi connectivity index (χ1n) is 8.61. The molecule has 1 aliphatic heterocycles. The van der Waals surface area contributed by atoms with E-state index in [-0.39, 0.29) is 0 Å². The molecule has 3 atom stereocenters. The summed E-state index contributed by atoms with van der Waals surface area (Å²) in [4.78, 5) is 2.75. The monoisotopic (exact) mass is 282 g/mol. The number of hydrogen-bond acceptors (Lipinski definition) is 3. The molecule has 2 fully saturated rings. The molecule has 1 N–H and O–H groups in total. The molecule has 0 aromatic rings. The van der Waals surface area contributed by atoms with Crippen LogP contribution in [-0.4, -0.2) is 49.8 Å². The fraction of sp³-hybridized carbons (Fsp3) is 1.00. The number of nitrogens with one attached hydrogen (secondary N) is 1. The summed E-state index contributed by atoms with van der Waals surface area (Å²) in [5, 5.41) is 3.81. The smallest absolute Gasteiger partial charge is 0.0615 e. The van der Waals surface area contributed by atoms with Crippen LogP contribution in [0.15, 0.2) is 0 Å². The quantitative estimate of drug-likeness (QED) is 0.839. The normalized spacial score (nSPS) is 31.6. The predicted molar refractivity (Wildman–Crippen MR) is 85.0 cm³/mol. The maximum absolute atomic E-state index is 5.43. The van der Waals surface area contributed by atoms with Crippen molar-refractivity contribution in [3.05, 3.63) is 0 Å². The van der Waals surface area contributed by atoms with Gasteiger partial charge in [0.2, 0.25) is 0 Å². The number of nitrogens with zero attached hydrogens (tertiary/aromatic N) is 1. The van der Waals surface area contributed by atoms with Gasteiger partial charge in [0.15, 0.2) is 0 Å². The van der Waals surface area contributed by atoms with Crippen LogP contribution < -0.4 is 5.32 Å². The molecule has 20 heavy (non-hydrogen) atoms. The van der Waals surface area contributed by atoms with Gasteiger partial charge >= 0.3 is 0 Å². The van der Waals surface area contributed by atoms with Crippen molar-refractivity contribution in [1.29, 1.82) is 0 Å². The molecule has 0 amide bonds. The highest BCUT2D eigenvalue weighted by Crippen LogP contribution is 2.31. The van der Waals surface area contributed by atoms with E-state index in [9.17, 15) is 0 Å². The van der Waals surface area contributed by atoms with Crippen molar-refractivity contribution in [3.63, 3.8) is 0 Å². The van der Waals surface area contributed by atoms with Gasteiger partial charge in [-0.1, -0.05) is 33.1 Å². The number of ether oxygens (including phenoxy) is 1. The molecule has 118 valence electrons. The Bertz CT molecular complexity index is 276. The molecule has 3 heteroatoms. The lowest BCUT2D eigenvalue weighted by Crippen LogP contribution is -2.63. The molecule has 1 heterocycles. The third-order valence-electron chi connectivity index (χ3n) is 5.40. The van der Waals surface area contributed by atoms with E-state index in [0.29, 0.717) is 18.0 Å². The highest BCUT2D eigenvalue weighted by Gasteiger charge is 2.36. The van der Waals surface area contributed by atoms with Crippen LogP contribution in [0.1, 0.15) is 52.9 Å². The second-order valence-corrected chi connectivity index (χ2v) is 7.23. The second-order valence-electron chi connectivity index (χ2n) is 7.23. The molecule has 1 saturated heterocycles. The summed E-state index contributed by atoms with van der Waals surface area (Å²) in [5.74, 6) is 1.60. The highest BCUT2D eigenvalue weighted by molar-refractivity contribution is 4.93. The minimum Gasteiger partial charge on any atom is -0.383 e. The van der Waals surface area contributed by atoms with E-state index in [1.165, 1.54) is 45.2 Å². The van der Waals surface area contributed by atoms with E-state index >= 15 is 0 Å². The third kappa shape index (κ3) is 3.96. The minimum atomic E-state index is 0.537. The largest absolute Gasteiger partial charge is 0.383 e. The first-order valence-corrected chi connectivity index (χ1v) is 8.61. The van der Waals surface area contributed by atoms with Gasteiger partial charge in [-0.3, -0.25) is 4.90 Å². The first kappa shape index (κ1) is 16.3. The van der Waals surface area contributed by atoms with Crippen molar-refractivity contribution in [2.45, 2.75) is 71.0 Å². The number of rotatable bonds is 5. The van der Waals surface area contributed by atoms with Gasteiger partial charge in [0.1, 0.15) is 0 Å². The lowest BCUT2D eigenvalue weighted by Gasteiger charge is -2.48. The van der Waals surface area contributed by atoms with Crippen LogP contribution >= 0.6 is 0 Å². The van der Waals surface area contributed by atoms with Gasteiger partial charge in [0.05, 0.1) is 6.61 Å². The first-order chi connectivity index (χ1) is 9.63. The molecule has 3 unspecified atom stereocenters. The maximum atomic E-state index is 5.43. The SMILES string of the molecule is COCC(C)N1CC(C(C)C)NCC1C1CCCCC1. The lowest BCUT2D eigenvalue weighted by molar-refractivity contribution is 0.00424. The van der Waals surface area contributed by atoms with E-state index in [0.717, 1.165) is 18.6 Å². The Hall–Kier alpha value is -0.120. The standard InChI is InChI=1S/C17H34N2O/c1-13(2)16-11-19(14(3)12-20-4)17(10-18-16)15-8-6-5-7-9-15/h13-18H,5-12H2,1-4H3. The third-order valence-corrected chi connectivity index (χ3v) is 5.40. The molecular weight excluding hydrogens is 248 g/mol. The zero-order valence-electron chi connectivity index (χ0n) is 13.9. The molecule has 2 rings (SSSR count). The Kier molecular flexibility index (Phi) is 6.31. The Morgan fingerprint density at radius 3 is 2.45 bits per heavy atom. The van der Waals surface area contributed by atoms with Gasteiger partial charge in [0.25, 0.3) is 0 Å². The molecule has 0 bridgehead atoms. The Labute approximate surface area is 125 Å². The predicted octanol–water partition coefficient (Wildman–Crippen LogP) is 2.90. The van der Waals surface area contributed by atoms with Gasteiger partial charge in [-0.15, -0.1) is 0 Å². The fourth-order valence-electron chi connectivity index (χ4n) is 4.06. The zero-order chi connectivity index (χ0) is 14.5. The maximum Gasteiger partial charge on any atom is 0.0615 e. The average Bonchev–Trinajstić information content (AvgIpc) is 2.47. The van der Waals surface area contributed by atoms with Crippen molar-refractivity contribution in [2.24, 2.45) is 11.8 Å². The molecule has 0 radical (unpaired) electrons. The summed E-state index contributed by atoms with van der Waals surface area (Å²) in [6, 6.07) is 1.89. The highest BCUT2D eigenvalue weighted by atomic mass is 16.5. The van der Waals surface area contributed by atoms with Gasteiger partial charge in [-0.05, 0) is 31.6 Å². The Balaban J connectivity index is 2.03. The van der Waals surface area contributed by atoms with E-state index < -0.39 is 0 Å². The topological polar surface area (TPSA) is 24.5 Å². The van der Waals surface area contributed by atoms with E-state index in [4.69, 9.17) is 4.74 Å². The average molecular weight is 282 g/mol. The Morgan fingerprint density at radius 2 is 1.85 bits per heavy atom. The van der Waals surface area contributed by atoms with Crippen LogP contribution in [0.5, 0.6) is 0 Å². The van der Waals surface area contributed by atoms with Crippen molar-refractivity contribution < 1.29 is 4.74 Å². The molecule has 0 aromatic heterocycles. The molecule has 0 aromatic carbocycles. The van der Waals surface area contributed by atoms with E-state index in [1.54, 1.807) is 0 Å². The van der Waals surface area contributed by atoms with Crippen molar-refractivity contribution in [1.82, 2.24) is 10.2 Å². The molecule has 0 spiro atoms. The van der Waals surface area contributed by atoms with E-state index in [1.807, 2.05) is 7.11 Å². The molecule has 1 aliphatic carbocycles. The van der Waals surface area contributed by atoms with Crippen LogP contribution in [0.4, 0.5) is 0 Å². The Morgan fingerprint density at radius 1 is 1.15 bits per heavy atom. The summed E-state index contributed by atoms with van der Waals surface area (Å²) in [7, 11) is 1.83. The lowest BCUT2D eigenvalue weighted by atomic mass is 9.81. The molecule has 2 aliphatic rings. The summed E-state index contributed by atoms with van der Waals surface area (Å²) >= 11 is 0. The summed E-state index contributed by atoms with van der Waals surface area (Å²) in [5.41, 5.74) is 0. The van der Waals surface area contributed by atoms with Crippen LogP contribution in [-0.2, 0) is 4.74 Å². The van der Waals surface area contributed by atoms with Crippen molar-refractivity contribution in [2.75, 3.05) is 26.8 Å². The van der Waals surface area contributed by atoms with Crippen LogP contribution in [0.3, 0.4) is 0 Å². The van der Waals surface area contributed by atoms with E-state index in [2.05, 4.69) is 31.0 Å². The molecular formula is C17H34N2O. The number of methoxy groups -OCH3 is 1. The zero-order valence-corrected chi connectivity index (χ0v) is 13.9.